The Bertz CT molecular complexity index is 208. The second kappa shape index (κ2) is 9.51. The number of hydrogen-bond donors (Lipinski definition) is 0. The summed E-state index contributed by atoms with van der Waals surface area (Å²) in [6.45, 7) is 4.79. The summed E-state index contributed by atoms with van der Waals surface area (Å²) in [5.74, 6) is 0.238. The first-order valence-electron chi connectivity index (χ1n) is 5.77. The molecule has 86 valence electrons. The first kappa shape index (κ1) is 14.0. The Morgan fingerprint density at radius 1 is 1.47 bits per heavy atom. The maximum Gasteiger partial charge on any atom is 0.306 e. The van der Waals surface area contributed by atoms with Crippen LogP contribution < -0.4 is 0 Å². The zero-order valence-corrected chi connectivity index (χ0v) is 9.79. The Morgan fingerprint density at radius 2 is 2.20 bits per heavy atom. The molecule has 0 aliphatic heterocycles. The summed E-state index contributed by atoms with van der Waals surface area (Å²) < 4.78 is 5.10. The Labute approximate surface area is 92.4 Å². The van der Waals surface area contributed by atoms with Crippen LogP contribution >= 0.6 is 0 Å². The lowest BCUT2D eigenvalue weighted by atomic mass is 10.0. The van der Waals surface area contributed by atoms with E-state index in [1.807, 2.05) is 6.07 Å². The molecule has 0 aromatic heterocycles. The third-order valence-electron chi connectivity index (χ3n) is 2.46. The fraction of sp³-hybridized carbons (Fsp3) is 0.833. The number of unbranched alkanes of at least 4 members (excludes halogenated alkanes) is 1. The first-order chi connectivity index (χ1) is 7.24. The molecule has 0 N–H and O–H groups in total. The van der Waals surface area contributed by atoms with Crippen LogP contribution in [0.25, 0.3) is 0 Å². The summed E-state index contributed by atoms with van der Waals surface area (Å²) >= 11 is 0. The van der Waals surface area contributed by atoms with Crippen LogP contribution in [0, 0.1) is 17.2 Å². The van der Waals surface area contributed by atoms with E-state index in [2.05, 4.69) is 13.8 Å². The molecule has 0 bridgehead atoms. The number of ether oxygens (including phenoxy) is 1. The standard InChI is InChI=1S/C12H21NO2/c1-3-5-7-11(4-2)10-15-12(14)8-6-9-13/h11H,3-8,10H2,1-2H3. The number of nitriles is 1. The number of rotatable bonds is 8. The zero-order chi connectivity index (χ0) is 11.5. The molecule has 3 nitrogen and oxygen atoms in total. The minimum atomic E-state index is -0.244. The van der Waals surface area contributed by atoms with Crippen LogP contribution in [0.2, 0.25) is 0 Å². The van der Waals surface area contributed by atoms with Gasteiger partial charge in [0.25, 0.3) is 0 Å². The molecular formula is C12H21NO2. The lowest BCUT2D eigenvalue weighted by molar-refractivity contribution is -0.145. The van der Waals surface area contributed by atoms with Gasteiger partial charge in [-0.15, -0.1) is 0 Å². The van der Waals surface area contributed by atoms with Crippen LogP contribution in [0.5, 0.6) is 0 Å². The highest BCUT2D eigenvalue weighted by Gasteiger charge is 2.09. The van der Waals surface area contributed by atoms with E-state index in [1.165, 1.54) is 12.8 Å². The lowest BCUT2D eigenvalue weighted by Gasteiger charge is -2.14. The van der Waals surface area contributed by atoms with E-state index in [-0.39, 0.29) is 18.8 Å². The molecule has 1 atom stereocenters. The highest BCUT2D eigenvalue weighted by molar-refractivity contribution is 5.69. The van der Waals surface area contributed by atoms with Gasteiger partial charge in [-0.1, -0.05) is 33.1 Å². The molecule has 0 amide bonds. The maximum atomic E-state index is 11.1. The Morgan fingerprint density at radius 3 is 2.73 bits per heavy atom. The topological polar surface area (TPSA) is 50.1 Å². The third-order valence-corrected chi connectivity index (χ3v) is 2.46. The van der Waals surface area contributed by atoms with Crippen molar-refractivity contribution in [2.45, 2.75) is 52.4 Å². The summed E-state index contributed by atoms with van der Waals surface area (Å²) in [6.07, 6.45) is 5.02. The molecule has 15 heavy (non-hydrogen) atoms. The maximum absolute atomic E-state index is 11.1. The van der Waals surface area contributed by atoms with Crippen molar-refractivity contribution in [3.05, 3.63) is 0 Å². The zero-order valence-electron chi connectivity index (χ0n) is 9.79. The van der Waals surface area contributed by atoms with Crippen molar-refractivity contribution >= 4 is 5.97 Å². The van der Waals surface area contributed by atoms with Crippen LogP contribution in [-0.2, 0) is 9.53 Å². The van der Waals surface area contributed by atoms with E-state index < -0.39 is 0 Å². The van der Waals surface area contributed by atoms with E-state index in [0.29, 0.717) is 12.5 Å². The molecule has 0 rings (SSSR count). The van der Waals surface area contributed by atoms with E-state index in [1.54, 1.807) is 0 Å². The molecule has 0 heterocycles. The van der Waals surface area contributed by atoms with Crippen molar-refractivity contribution in [1.29, 1.82) is 5.26 Å². The summed E-state index contributed by atoms with van der Waals surface area (Å²) in [5.41, 5.74) is 0. The minimum Gasteiger partial charge on any atom is -0.465 e. The number of carbonyl (C=O) groups excluding carboxylic acids is 1. The van der Waals surface area contributed by atoms with E-state index in [9.17, 15) is 4.79 Å². The molecule has 0 saturated carbocycles. The number of esters is 1. The largest absolute Gasteiger partial charge is 0.465 e. The van der Waals surface area contributed by atoms with Crippen molar-refractivity contribution < 1.29 is 9.53 Å². The van der Waals surface area contributed by atoms with E-state index in [4.69, 9.17) is 10.00 Å². The SMILES string of the molecule is CCCCC(CC)COC(=O)CCC#N. The molecule has 0 radical (unpaired) electrons. The monoisotopic (exact) mass is 211 g/mol. The summed E-state index contributed by atoms with van der Waals surface area (Å²) in [4.78, 5) is 11.1. The quantitative estimate of drug-likeness (QED) is 0.580. The predicted octanol–water partition coefficient (Wildman–Crippen LogP) is 3.05. The summed E-state index contributed by atoms with van der Waals surface area (Å²) in [5, 5.41) is 8.30. The van der Waals surface area contributed by atoms with Crippen LogP contribution in [0.4, 0.5) is 0 Å². The van der Waals surface area contributed by atoms with Gasteiger partial charge >= 0.3 is 5.97 Å². The third kappa shape index (κ3) is 7.99. The smallest absolute Gasteiger partial charge is 0.306 e. The van der Waals surface area contributed by atoms with Crippen molar-refractivity contribution in [1.82, 2.24) is 0 Å². The molecule has 1 unspecified atom stereocenters. The molecule has 0 spiro atoms. The van der Waals surface area contributed by atoms with Crippen molar-refractivity contribution in [2.75, 3.05) is 6.61 Å². The summed E-state index contributed by atoms with van der Waals surface area (Å²) in [7, 11) is 0. The predicted molar refractivity (Wildman–Crippen MR) is 59.1 cm³/mol. The summed E-state index contributed by atoms with van der Waals surface area (Å²) in [6, 6.07) is 1.93. The molecular weight excluding hydrogens is 190 g/mol. The van der Waals surface area contributed by atoms with Gasteiger partial charge in [0.05, 0.1) is 19.1 Å². The van der Waals surface area contributed by atoms with Crippen LogP contribution in [0.1, 0.15) is 52.4 Å². The molecule has 3 heteroatoms. The molecule has 0 aliphatic rings. The van der Waals surface area contributed by atoms with Gasteiger partial charge in [0.1, 0.15) is 0 Å². The Kier molecular flexibility index (Phi) is 8.85. The fourth-order valence-electron chi connectivity index (χ4n) is 1.34. The number of nitrogens with zero attached hydrogens (tertiary/aromatic N) is 1. The van der Waals surface area contributed by atoms with Gasteiger partial charge in [-0.25, -0.2) is 0 Å². The molecule has 0 aliphatic carbocycles. The number of hydrogen-bond acceptors (Lipinski definition) is 3. The first-order valence-corrected chi connectivity index (χ1v) is 5.77. The van der Waals surface area contributed by atoms with Crippen LogP contribution in [-0.4, -0.2) is 12.6 Å². The van der Waals surface area contributed by atoms with Gasteiger partial charge in [0.2, 0.25) is 0 Å². The van der Waals surface area contributed by atoms with Gasteiger partial charge in [0, 0.05) is 6.42 Å². The molecule has 0 aromatic rings. The van der Waals surface area contributed by atoms with Gasteiger partial charge in [-0.2, -0.15) is 5.26 Å². The fourth-order valence-corrected chi connectivity index (χ4v) is 1.34. The van der Waals surface area contributed by atoms with Crippen molar-refractivity contribution in [3.8, 4) is 6.07 Å². The number of carbonyl (C=O) groups is 1. The van der Waals surface area contributed by atoms with Gasteiger partial charge < -0.3 is 4.74 Å². The van der Waals surface area contributed by atoms with Crippen molar-refractivity contribution in [2.24, 2.45) is 5.92 Å². The molecule has 0 fully saturated rings. The molecule has 0 saturated heterocycles. The second-order valence-electron chi connectivity index (χ2n) is 3.76. The van der Waals surface area contributed by atoms with Crippen LogP contribution in [0.15, 0.2) is 0 Å². The highest BCUT2D eigenvalue weighted by Crippen LogP contribution is 2.13. The minimum absolute atomic E-state index is 0.223. The van der Waals surface area contributed by atoms with Crippen molar-refractivity contribution in [3.63, 3.8) is 0 Å². The van der Waals surface area contributed by atoms with Gasteiger partial charge in [0.15, 0.2) is 0 Å². The van der Waals surface area contributed by atoms with E-state index >= 15 is 0 Å². The highest BCUT2D eigenvalue weighted by atomic mass is 16.5. The Hall–Kier alpha value is -1.04. The second-order valence-corrected chi connectivity index (χ2v) is 3.76. The van der Waals surface area contributed by atoms with Gasteiger partial charge in [-0.05, 0) is 12.3 Å². The average molecular weight is 211 g/mol. The lowest BCUT2D eigenvalue weighted by Crippen LogP contribution is -2.13. The normalized spacial score (nSPS) is 11.8. The van der Waals surface area contributed by atoms with E-state index in [0.717, 1.165) is 12.8 Å². The Balaban J connectivity index is 3.61. The molecule has 0 aromatic carbocycles. The average Bonchev–Trinajstić information content (AvgIpc) is 2.26. The van der Waals surface area contributed by atoms with Gasteiger partial charge in [-0.3, -0.25) is 4.79 Å². The van der Waals surface area contributed by atoms with Crippen LogP contribution in [0.3, 0.4) is 0 Å².